The molecule has 2 heterocycles. The SMILES string of the molecule is CC(C)CC(CN=C(N)N1CCN(c2ccc(F)cc2)CC1)N1CCOCC1. The fraction of sp³-hybridized carbons (Fsp3) is 0.667. The quantitative estimate of drug-likeness (QED) is 0.594. The van der Waals surface area contributed by atoms with Crippen LogP contribution in [0.2, 0.25) is 0 Å². The molecule has 6 nitrogen and oxygen atoms in total. The van der Waals surface area contributed by atoms with Crippen LogP contribution in [-0.4, -0.2) is 80.8 Å². The molecular formula is C21H34FN5O. The molecule has 2 saturated heterocycles. The first-order valence-electron chi connectivity index (χ1n) is 10.4. The van der Waals surface area contributed by atoms with Gasteiger partial charge in [0.05, 0.1) is 19.8 Å². The predicted molar refractivity (Wildman–Crippen MR) is 112 cm³/mol. The molecule has 3 rings (SSSR count). The topological polar surface area (TPSA) is 57.3 Å². The van der Waals surface area contributed by atoms with Gasteiger partial charge in [0.1, 0.15) is 5.82 Å². The van der Waals surface area contributed by atoms with Crippen molar-refractivity contribution in [2.75, 3.05) is 63.9 Å². The van der Waals surface area contributed by atoms with E-state index in [1.54, 1.807) is 0 Å². The monoisotopic (exact) mass is 391 g/mol. The van der Waals surface area contributed by atoms with E-state index in [1.165, 1.54) is 12.1 Å². The van der Waals surface area contributed by atoms with Crippen LogP contribution in [0.1, 0.15) is 20.3 Å². The third-order valence-corrected chi connectivity index (χ3v) is 5.57. The number of aliphatic imine (C=N–C) groups is 1. The maximum Gasteiger partial charge on any atom is 0.191 e. The Labute approximate surface area is 168 Å². The summed E-state index contributed by atoms with van der Waals surface area (Å²) in [7, 11) is 0. The number of guanidine groups is 1. The van der Waals surface area contributed by atoms with Crippen molar-refractivity contribution in [3.63, 3.8) is 0 Å². The van der Waals surface area contributed by atoms with Crippen LogP contribution in [0.5, 0.6) is 0 Å². The van der Waals surface area contributed by atoms with Crippen LogP contribution in [0, 0.1) is 11.7 Å². The lowest BCUT2D eigenvalue weighted by Crippen LogP contribution is -2.51. The average Bonchev–Trinajstić information content (AvgIpc) is 2.72. The van der Waals surface area contributed by atoms with Crippen LogP contribution < -0.4 is 10.6 Å². The number of piperazine rings is 1. The molecule has 28 heavy (non-hydrogen) atoms. The van der Waals surface area contributed by atoms with Crippen molar-refractivity contribution in [1.29, 1.82) is 0 Å². The maximum atomic E-state index is 13.1. The number of anilines is 1. The lowest BCUT2D eigenvalue weighted by Gasteiger charge is -2.37. The molecule has 2 aliphatic rings. The number of hydrogen-bond acceptors (Lipinski definition) is 4. The zero-order valence-corrected chi connectivity index (χ0v) is 17.2. The normalized spacial score (nSPS) is 20.6. The van der Waals surface area contributed by atoms with Crippen molar-refractivity contribution < 1.29 is 9.13 Å². The van der Waals surface area contributed by atoms with Gasteiger partial charge in [0.15, 0.2) is 5.96 Å². The van der Waals surface area contributed by atoms with Gasteiger partial charge in [-0.3, -0.25) is 9.89 Å². The Hall–Kier alpha value is -1.86. The van der Waals surface area contributed by atoms with Crippen LogP contribution in [0.15, 0.2) is 29.3 Å². The third-order valence-electron chi connectivity index (χ3n) is 5.57. The molecule has 156 valence electrons. The van der Waals surface area contributed by atoms with Gasteiger partial charge >= 0.3 is 0 Å². The molecule has 2 fully saturated rings. The number of rotatable bonds is 6. The minimum Gasteiger partial charge on any atom is -0.379 e. The lowest BCUT2D eigenvalue weighted by molar-refractivity contribution is 0.0142. The summed E-state index contributed by atoms with van der Waals surface area (Å²) < 4.78 is 18.6. The fourth-order valence-corrected chi connectivity index (χ4v) is 3.97. The van der Waals surface area contributed by atoms with Crippen molar-refractivity contribution in [3.8, 4) is 0 Å². The summed E-state index contributed by atoms with van der Waals surface area (Å²) >= 11 is 0. The number of benzene rings is 1. The van der Waals surface area contributed by atoms with Crippen LogP contribution in [-0.2, 0) is 4.74 Å². The highest BCUT2D eigenvalue weighted by molar-refractivity contribution is 5.78. The summed E-state index contributed by atoms with van der Waals surface area (Å²) in [6, 6.07) is 7.11. The summed E-state index contributed by atoms with van der Waals surface area (Å²) in [4.78, 5) is 11.7. The summed E-state index contributed by atoms with van der Waals surface area (Å²) in [5.41, 5.74) is 7.38. The molecule has 1 aromatic rings. The second-order valence-electron chi connectivity index (χ2n) is 8.08. The van der Waals surface area contributed by atoms with E-state index < -0.39 is 0 Å². The molecule has 0 radical (unpaired) electrons. The molecule has 7 heteroatoms. The second-order valence-corrected chi connectivity index (χ2v) is 8.08. The van der Waals surface area contributed by atoms with Gasteiger partial charge in [0, 0.05) is 51.0 Å². The van der Waals surface area contributed by atoms with Crippen molar-refractivity contribution >= 4 is 11.6 Å². The standard InChI is InChI=1S/C21H34FN5O/c1-17(2)15-20(26-11-13-28-14-12-26)16-24-21(23)27-9-7-25(8-10-27)19-5-3-18(22)4-6-19/h3-6,17,20H,7-16H2,1-2H3,(H2,23,24). The Morgan fingerprint density at radius 3 is 2.32 bits per heavy atom. The molecule has 1 atom stereocenters. The molecule has 0 aromatic heterocycles. The molecular weight excluding hydrogens is 357 g/mol. The Kier molecular flexibility index (Phi) is 7.50. The third kappa shape index (κ3) is 5.82. The molecule has 2 aliphatic heterocycles. The number of hydrogen-bond donors (Lipinski definition) is 1. The molecule has 1 aromatic carbocycles. The van der Waals surface area contributed by atoms with Crippen LogP contribution in [0.25, 0.3) is 0 Å². The van der Waals surface area contributed by atoms with Gasteiger partial charge in [-0.15, -0.1) is 0 Å². The lowest BCUT2D eigenvalue weighted by atomic mass is 10.0. The van der Waals surface area contributed by atoms with Gasteiger partial charge < -0.3 is 20.3 Å². The van der Waals surface area contributed by atoms with Gasteiger partial charge in [-0.25, -0.2) is 4.39 Å². The second kappa shape index (κ2) is 10.1. The van der Waals surface area contributed by atoms with Crippen molar-refractivity contribution in [2.45, 2.75) is 26.3 Å². The summed E-state index contributed by atoms with van der Waals surface area (Å²) in [6.45, 7) is 12.2. The van der Waals surface area contributed by atoms with Crippen LogP contribution >= 0.6 is 0 Å². The van der Waals surface area contributed by atoms with E-state index >= 15 is 0 Å². The number of morpholine rings is 1. The molecule has 0 saturated carbocycles. The van der Waals surface area contributed by atoms with Crippen molar-refractivity contribution in [2.24, 2.45) is 16.6 Å². The van der Waals surface area contributed by atoms with Gasteiger partial charge in [0.2, 0.25) is 0 Å². The molecule has 0 amide bonds. The largest absolute Gasteiger partial charge is 0.379 e. The number of ether oxygens (including phenoxy) is 1. The number of halogens is 1. The minimum absolute atomic E-state index is 0.199. The van der Waals surface area contributed by atoms with Crippen molar-refractivity contribution in [1.82, 2.24) is 9.80 Å². The number of nitrogens with two attached hydrogens (primary N) is 1. The fourth-order valence-electron chi connectivity index (χ4n) is 3.97. The van der Waals surface area contributed by atoms with Gasteiger partial charge in [0.25, 0.3) is 0 Å². The Morgan fingerprint density at radius 2 is 1.71 bits per heavy atom. The smallest absolute Gasteiger partial charge is 0.191 e. The first kappa shape index (κ1) is 20.9. The number of nitrogens with zero attached hydrogens (tertiary/aromatic N) is 4. The van der Waals surface area contributed by atoms with Crippen LogP contribution in [0.4, 0.5) is 10.1 Å². The first-order valence-corrected chi connectivity index (χ1v) is 10.4. The van der Waals surface area contributed by atoms with Gasteiger partial charge in [-0.2, -0.15) is 0 Å². The first-order chi connectivity index (χ1) is 13.5. The molecule has 2 N–H and O–H groups in total. The Balaban J connectivity index is 1.53. The highest BCUT2D eigenvalue weighted by atomic mass is 19.1. The van der Waals surface area contributed by atoms with E-state index in [0.717, 1.165) is 71.1 Å². The zero-order valence-electron chi connectivity index (χ0n) is 17.2. The predicted octanol–water partition coefficient (Wildman–Crippen LogP) is 2.01. The minimum atomic E-state index is -0.199. The van der Waals surface area contributed by atoms with Gasteiger partial charge in [-0.1, -0.05) is 13.8 Å². The maximum absolute atomic E-state index is 13.1. The highest BCUT2D eigenvalue weighted by Crippen LogP contribution is 2.17. The molecule has 0 aliphatic carbocycles. The van der Waals surface area contributed by atoms with E-state index in [9.17, 15) is 4.39 Å². The van der Waals surface area contributed by atoms with Gasteiger partial charge in [-0.05, 0) is 36.6 Å². The van der Waals surface area contributed by atoms with Crippen LogP contribution in [0.3, 0.4) is 0 Å². The summed E-state index contributed by atoms with van der Waals surface area (Å²) in [6.07, 6.45) is 1.12. The van der Waals surface area contributed by atoms with E-state index in [2.05, 4.69) is 28.5 Å². The van der Waals surface area contributed by atoms with E-state index in [0.29, 0.717) is 17.9 Å². The molecule has 0 bridgehead atoms. The Bertz CT molecular complexity index is 622. The molecule has 1 unspecified atom stereocenters. The highest BCUT2D eigenvalue weighted by Gasteiger charge is 2.23. The molecule has 0 spiro atoms. The average molecular weight is 392 g/mol. The van der Waals surface area contributed by atoms with Crippen molar-refractivity contribution in [3.05, 3.63) is 30.1 Å². The summed E-state index contributed by atoms with van der Waals surface area (Å²) in [5.74, 6) is 1.07. The zero-order chi connectivity index (χ0) is 19.9. The van der Waals surface area contributed by atoms with E-state index in [-0.39, 0.29) is 5.82 Å². The van der Waals surface area contributed by atoms with E-state index in [1.807, 2.05) is 12.1 Å². The van der Waals surface area contributed by atoms with E-state index in [4.69, 9.17) is 15.5 Å². The summed E-state index contributed by atoms with van der Waals surface area (Å²) in [5, 5.41) is 0. The Morgan fingerprint density at radius 1 is 1.07 bits per heavy atom.